The third-order valence-electron chi connectivity index (χ3n) is 3.43. The van der Waals surface area contributed by atoms with Crippen LogP contribution in [-0.4, -0.2) is 24.7 Å². The fourth-order valence-electron chi connectivity index (χ4n) is 2.42. The largest absolute Gasteiger partial charge is 0.366 e. The lowest BCUT2D eigenvalue weighted by molar-refractivity contribution is 0.415. The molecule has 1 saturated heterocycles. The second kappa shape index (κ2) is 4.99. The van der Waals surface area contributed by atoms with Crippen molar-refractivity contribution in [3.05, 3.63) is 28.7 Å². The lowest BCUT2D eigenvalue weighted by atomic mass is 10.0. The molecule has 1 N–H and O–H groups in total. The summed E-state index contributed by atoms with van der Waals surface area (Å²) in [6.07, 6.45) is 1.19. The number of para-hydroxylation sites is 1. The van der Waals surface area contributed by atoms with E-state index in [2.05, 4.69) is 71.2 Å². The fraction of sp³-hybridized carbons (Fsp3) is 0.571. The van der Waals surface area contributed by atoms with E-state index in [0.717, 1.165) is 13.1 Å². The van der Waals surface area contributed by atoms with Gasteiger partial charge in [0, 0.05) is 22.6 Å². The number of anilines is 1. The number of hydrogen-bond acceptors (Lipinski definition) is 2. The third-order valence-corrected chi connectivity index (χ3v) is 4.10. The summed E-state index contributed by atoms with van der Waals surface area (Å²) in [7, 11) is 0. The second-order valence-electron chi connectivity index (χ2n) is 5.53. The SMILES string of the molecule is CC1CCNC(C)(C)CN1c1ccccc1Br. The molecule has 0 radical (unpaired) electrons. The van der Waals surface area contributed by atoms with Crippen LogP contribution in [0.5, 0.6) is 0 Å². The Bertz CT molecular complexity index is 390. The molecule has 0 aliphatic carbocycles. The molecule has 2 nitrogen and oxygen atoms in total. The van der Waals surface area contributed by atoms with Gasteiger partial charge in [0.15, 0.2) is 0 Å². The van der Waals surface area contributed by atoms with Crippen LogP contribution in [0, 0.1) is 0 Å². The molecule has 94 valence electrons. The van der Waals surface area contributed by atoms with Crippen molar-refractivity contribution >= 4 is 21.6 Å². The number of nitrogens with zero attached hydrogens (tertiary/aromatic N) is 1. The molecule has 1 aromatic rings. The van der Waals surface area contributed by atoms with Gasteiger partial charge < -0.3 is 10.2 Å². The summed E-state index contributed by atoms with van der Waals surface area (Å²) < 4.78 is 1.18. The van der Waals surface area contributed by atoms with Crippen LogP contribution < -0.4 is 10.2 Å². The summed E-state index contributed by atoms with van der Waals surface area (Å²) in [4.78, 5) is 2.50. The van der Waals surface area contributed by atoms with Crippen LogP contribution in [-0.2, 0) is 0 Å². The van der Waals surface area contributed by atoms with Crippen LogP contribution in [0.1, 0.15) is 27.2 Å². The Morgan fingerprint density at radius 3 is 2.76 bits per heavy atom. The summed E-state index contributed by atoms with van der Waals surface area (Å²) in [5, 5.41) is 3.61. The minimum absolute atomic E-state index is 0.167. The molecule has 17 heavy (non-hydrogen) atoms. The Hall–Kier alpha value is -0.540. The van der Waals surface area contributed by atoms with Crippen molar-refractivity contribution in [1.29, 1.82) is 0 Å². The Kier molecular flexibility index (Phi) is 3.79. The van der Waals surface area contributed by atoms with Gasteiger partial charge in [0.25, 0.3) is 0 Å². The zero-order chi connectivity index (χ0) is 12.5. The highest BCUT2D eigenvalue weighted by atomic mass is 79.9. The lowest BCUT2D eigenvalue weighted by Gasteiger charge is -2.35. The summed E-state index contributed by atoms with van der Waals surface area (Å²) in [5.41, 5.74) is 1.47. The van der Waals surface area contributed by atoms with E-state index < -0.39 is 0 Å². The molecule has 0 amide bonds. The predicted octanol–water partition coefficient (Wildman–Crippen LogP) is 3.42. The van der Waals surface area contributed by atoms with Gasteiger partial charge in [0.05, 0.1) is 5.69 Å². The molecule has 1 heterocycles. The molecule has 3 heteroatoms. The van der Waals surface area contributed by atoms with Crippen LogP contribution in [0.25, 0.3) is 0 Å². The van der Waals surface area contributed by atoms with Gasteiger partial charge >= 0.3 is 0 Å². The first kappa shape index (κ1) is 12.9. The Labute approximate surface area is 113 Å². The number of rotatable bonds is 1. The average Bonchev–Trinajstić information content (AvgIpc) is 2.38. The number of nitrogens with one attached hydrogen (secondary N) is 1. The Morgan fingerprint density at radius 2 is 2.06 bits per heavy atom. The fourth-order valence-corrected chi connectivity index (χ4v) is 2.93. The van der Waals surface area contributed by atoms with Gasteiger partial charge in [0.2, 0.25) is 0 Å². The van der Waals surface area contributed by atoms with Crippen LogP contribution >= 0.6 is 15.9 Å². The minimum atomic E-state index is 0.167. The summed E-state index contributed by atoms with van der Waals surface area (Å²) in [6.45, 7) is 8.98. The van der Waals surface area contributed by atoms with E-state index >= 15 is 0 Å². The van der Waals surface area contributed by atoms with Gasteiger partial charge in [0.1, 0.15) is 0 Å². The molecule has 0 bridgehead atoms. The summed E-state index contributed by atoms with van der Waals surface area (Å²) in [5.74, 6) is 0. The van der Waals surface area contributed by atoms with E-state index in [0.29, 0.717) is 6.04 Å². The van der Waals surface area contributed by atoms with E-state index in [1.165, 1.54) is 16.6 Å². The highest BCUT2D eigenvalue weighted by Gasteiger charge is 2.28. The van der Waals surface area contributed by atoms with Gasteiger partial charge in [-0.25, -0.2) is 0 Å². The van der Waals surface area contributed by atoms with Crippen molar-refractivity contribution in [3.8, 4) is 0 Å². The van der Waals surface area contributed by atoms with E-state index in [9.17, 15) is 0 Å². The normalized spacial score (nSPS) is 24.5. The molecule has 0 saturated carbocycles. The molecule has 0 spiro atoms. The van der Waals surface area contributed by atoms with Gasteiger partial charge in [-0.05, 0) is 61.8 Å². The minimum Gasteiger partial charge on any atom is -0.366 e. The first-order chi connectivity index (χ1) is 7.99. The molecule has 1 aliphatic heterocycles. The molecule has 1 aliphatic rings. The first-order valence-corrected chi connectivity index (χ1v) is 7.05. The first-order valence-electron chi connectivity index (χ1n) is 6.26. The zero-order valence-corrected chi connectivity index (χ0v) is 12.4. The number of hydrogen-bond donors (Lipinski definition) is 1. The molecular weight excluding hydrogens is 276 g/mol. The maximum absolute atomic E-state index is 3.66. The summed E-state index contributed by atoms with van der Waals surface area (Å²) in [6, 6.07) is 9.07. The van der Waals surface area contributed by atoms with Crippen molar-refractivity contribution in [3.63, 3.8) is 0 Å². The smallest absolute Gasteiger partial charge is 0.0513 e. The van der Waals surface area contributed by atoms with Gasteiger partial charge in [-0.15, -0.1) is 0 Å². The van der Waals surface area contributed by atoms with E-state index in [-0.39, 0.29) is 5.54 Å². The van der Waals surface area contributed by atoms with E-state index in [1.807, 2.05) is 0 Å². The topological polar surface area (TPSA) is 15.3 Å². The molecular formula is C14H21BrN2. The molecule has 1 fully saturated rings. The number of benzene rings is 1. The van der Waals surface area contributed by atoms with Crippen molar-refractivity contribution in [2.75, 3.05) is 18.0 Å². The monoisotopic (exact) mass is 296 g/mol. The van der Waals surface area contributed by atoms with Crippen LogP contribution in [0.15, 0.2) is 28.7 Å². The maximum Gasteiger partial charge on any atom is 0.0513 e. The molecule has 1 atom stereocenters. The highest BCUT2D eigenvalue weighted by Crippen LogP contribution is 2.30. The predicted molar refractivity (Wildman–Crippen MR) is 77.6 cm³/mol. The summed E-state index contributed by atoms with van der Waals surface area (Å²) >= 11 is 3.66. The zero-order valence-electron chi connectivity index (χ0n) is 10.8. The Morgan fingerprint density at radius 1 is 1.35 bits per heavy atom. The molecule has 0 aromatic heterocycles. The van der Waals surface area contributed by atoms with Crippen molar-refractivity contribution in [2.45, 2.75) is 38.8 Å². The Balaban J connectivity index is 2.31. The van der Waals surface area contributed by atoms with Crippen LogP contribution in [0.4, 0.5) is 5.69 Å². The highest BCUT2D eigenvalue weighted by molar-refractivity contribution is 9.10. The molecule has 1 aromatic carbocycles. The maximum atomic E-state index is 3.66. The van der Waals surface area contributed by atoms with Crippen molar-refractivity contribution in [1.82, 2.24) is 5.32 Å². The van der Waals surface area contributed by atoms with Gasteiger partial charge in [-0.2, -0.15) is 0 Å². The second-order valence-corrected chi connectivity index (χ2v) is 6.38. The quantitative estimate of drug-likeness (QED) is 0.854. The average molecular weight is 297 g/mol. The third kappa shape index (κ3) is 3.02. The number of halogens is 1. The molecule has 1 unspecified atom stereocenters. The van der Waals surface area contributed by atoms with E-state index in [1.54, 1.807) is 0 Å². The van der Waals surface area contributed by atoms with E-state index in [4.69, 9.17) is 0 Å². The van der Waals surface area contributed by atoms with Crippen molar-refractivity contribution < 1.29 is 0 Å². The molecule has 2 rings (SSSR count). The van der Waals surface area contributed by atoms with Crippen LogP contribution in [0.2, 0.25) is 0 Å². The lowest BCUT2D eigenvalue weighted by Crippen LogP contribution is -2.47. The van der Waals surface area contributed by atoms with Gasteiger partial charge in [-0.3, -0.25) is 0 Å². The van der Waals surface area contributed by atoms with Crippen LogP contribution in [0.3, 0.4) is 0 Å². The standard InChI is InChI=1S/C14H21BrN2/c1-11-8-9-16-14(2,3)10-17(11)13-7-5-4-6-12(13)15/h4-7,11,16H,8-10H2,1-3H3. The van der Waals surface area contributed by atoms with Gasteiger partial charge in [-0.1, -0.05) is 12.1 Å². The van der Waals surface area contributed by atoms with Crippen molar-refractivity contribution in [2.24, 2.45) is 0 Å².